The van der Waals surface area contributed by atoms with Gasteiger partial charge in [0.15, 0.2) is 0 Å². The lowest BCUT2D eigenvalue weighted by Crippen LogP contribution is -2.25. The molecular formula is C14H21NO2S. The van der Waals surface area contributed by atoms with E-state index in [1.54, 1.807) is 7.11 Å². The van der Waals surface area contributed by atoms with Crippen LogP contribution in [-0.2, 0) is 6.42 Å². The first-order chi connectivity index (χ1) is 8.69. The number of methoxy groups -OCH3 is 1. The number of thioether (sulfide) groups is 1. The zero-order chi connectivity index (χ0) is 13.1. The first kappa shape index (κ1) is 13.7. The Morgan fingerprint density at radius 2 is 2.33 bits per heavy atom. The van der Waals surface area contributed by atoms with Crippen molar-refractivity contribution >= 4 is 11.8 Å². The fraction of sp³-hybridized carbons (Fsp3) is 0.571. The van der Waals surface area contributed by atoms with Gasteiger partial charge in [-0.05, 0) is 36.7 Å². The van der Waals surface area contributed by atoms with Crippen LogP contribution in [-0.4, -0.2) is 36.4 Å². The van der Waals surface area contributed by atoms with E-state index in [0.717, 1.165) is 12.2 Å². The monoisotopic (exact) mass is 267 g/mol. The molecule has 2 rings (SSSR count). The van der Waals surface area contributed by atoms with E-state index in [-0.39, 0.29) is 11.9 Å². The maximum absolute atomic E-state index is 9.19. The van der Waals surface area contributed by atoms with Gasteiger partial charge in [0.2, 0.25) is 0 Å². The van der Waals surface area contributed by atoms with Crippen molar-refractivity contribution in [3.8, 4) is 5.75 Å². The van der Waals surface area contributed by atoms with Crippen LogP contribution in [0, 0.1) is 0 Å². The highest BCUT2D eigenvalue weighted by atomic mass is 32.2. The lowest BCUT2D eigenvalue weighted by atomic mass is 10.1. The summed E-state index contributed by atoms with van der Waals surface area (Å²) in [7, 11) is 3.70. The molecule has 1 aromatic carbocycles. The average molecular weight is 267 g/mol. The maximum atomic E-state index is 9.19. The molecule has 0 bridgehead atoms. The van der Waals surface area contributed by atoms with Crippen LogP contribution in [0.3, 0.4) is 0 Å². The lowest BCUT2D eigenvalue weighted by molar-refractivity contribution is 0.299. The Hall–Kier alpha value is -0.710. The van der Waals surface area contributed by atoms with Gasteiger partial charge < -0.3 is 15.2 Å². The van der Waals surface area contributed by atoms with E-state index in [9.17, 15) is 5.11 Å². The van der Waals surface area contributed by atoms with Crippen molar-refractivity contribution in [2.24, 2.45) is 0 Å². The van der Waals surface area contributed by atoms with Gasteiger partial charge in [-0.2, -0.15) is 11.8 Å². The van der Waals surface area contributed by atoms with Gasteiger partial charge in [0.25, 0.3) is 0 Å². The number of fused-ring (bicyclic) bond motifs is 1. The number of ether oxygens (including phenoxy) is 1. The third kappa shape index (κ3) is 2.66. The smallest absolute Gasteiger partial charge is 0.119 e. The van der Waals surface area contributed by atoms with Crippen molar-refractivity contribution in [2.75, 3.05) is 20.8 Å². The quantitative estimate of drug-likeness (QED) is 0.856. The minimum atomic E-state index is 0.233. The summed E-state index contributed by atoms with van der Waals surface area (Å²) in [4.78, 5) is 0. The maximum Gasteiger partial charge on any atom is 0.119 e. The zero-order valence-electron chi connectivity index (χ0n) is 11.1. The van der Waals surface area contributed by atoms with Crippen LogP contribution < -0.4 is 10.1 Å². The standard InChI is InChI=1S/C14H21NO2S/c1-9(8-16)18-13-6-10-4-5-11(17-3)7-12(10)14(13)15-2/h4-5,7,9,13-16H,6,8H2,1-3H3. The summed E-state index contributed by atoms with van der Waals surface area (Å²) >= 11 is 1.86. The van der Waals surface area contributed by atoms with E-state index in [4.69, 9.17) is 4.74 Å². The first-order valence-electron chi connectivity index (χ1n) is 6.30. The SMILES string of the molecule is CNC1c2cc(OC)ccc2CC1SC(C)CO. The Kier molecular flexibility index (Phi) is 4.54. The van der Waals surface area contributed by atoms with Gasteiger partial charge in [0, 0.05) is 16.5 Å². The molecule has 0 amide bonds. The summed E-state index contributed by atoms with van der Waals surface area (Å²) in [6.45, 7) is 2.30. The molecule has 0 spiro atoms. The Morgan fingerprint density at radius 1 is 1.56 bits per heavy atom. The molecule has 0 saturated carbocycles. The predicted molar refractivity (Wildman–Crippen MR) is 76.4 cm³/mol. The molecule has 0 saturated heterocycles. The Labute approximate surface area is 113 Å². The van der Waals surface area contributed by atoms with Crippen LogP contribution >= 0.6 is 11.8 Å². The lowest BCUT2D eigenvalue weighted by Gasteiger charge is -2.22. The molecule has 3 unspecified atom stereocenters. The summed E-state index contributed by atoms with van der Waals surface area (Å²) in [5, 5.41) is 13.4. The van der Waals surface area contributed by atoms with Gasteiger partial charge in [0.1, 0.15) is 5.75 Å². The topological polar surface area (TPSA) is 41.5 Å². The number of hydrogen-bond donors (Lipinski definition) is 2. The van der Waals surface area contributed by atoms with Crippen molar-refractivity contribution in [1.82, 2.24) is 5.32 Å². The highest BCUT2D eigenvalue weighted by molar-refractivity contribution is 8.00. The molecule has 3 atom stereocenters. The Morgan fingerprint density at radius 3 is 2.94 bits per heavy atom. The van der Waals surface area contributed by atoms with Crippen molar-refractivity contribution < 1.29 is 9.84 Å². The van der Waals surface area contributed by atoms with Crippen LogP contribution in [0.25, 0.3) is 0 Å². The van der Waals surface area contributed by atoms with Crippen LogP contribution in [0.2, 0.25) is 0 Å². The van der Waals surface area contributed by atoms with Crippen molar-refractivity contribution in [3.63, 3.8) is 0 Å². The number of rotatable bonds is 5. The van der Waals surface area contributed by atoms with Crippen LogP contribution in [0.15, 0.2) is 18.2 Å². The van der Waals surface area contributed by atoms with Crippen molar-refractivity contribution in [3.05, 3.63) is 29.3 Å². The molecule has 1 aromatic rings. The molecule has 0 heterocycles. The molecular weight excluding hydrogens is 246 g/mol. The number of benzene rings is 1. The Bertz CT molecular complexity index is 411. The van der Waals surface area contributed by atoms with Crippen LogP contribution in [0.5, 0.6) is 5.75 Å². The molecule has 4 heteroatoms. The zero-order valence-corrected chi connectivity index (χ0v) is 12.0. The molecule has 3 nitrogen and oxygen atoms in total. The van der Waals surface area contributed by atoms with E-state index in [0.29, 0.717) is 11.3 Å². The number of aliphatic hydroxyl groups excluding tert-OH is 1. The number of nitrogens with one attached hydrogen (secondary N) is 1. The summed E-state index contributed by atoms with van der Waals surface area (Å²) in [6.07, 6.45) is 1.06. The third-order valence-corrected chi connectivity index (χ3v) is 4.86. The summed E-state index contributed by atoms with van der Waals surface area (Å²) < 4.78 is 5.30. The fourth-order valence-corrected chi connectivity index (χ4v) is 3.92. The van der Waals surface area contributed by atoms with Gasteiger partial charge in [-0.1, -0.05) is 13.0 Å². The van der Waals surface area contributed by atoms with Gasteiger partial charge in [0.05, 0.1) is 13.7 Å². The first-order valence-corrected chi connectivity index (χ1v) is 7.24. The highest BCUT2D eigenvalue weighted by Crippen LogP contribution is 2.41. The molecule has 1 aliphatic rings. The van der Waals surface area contributed by atoms with Crippen molar-refractivity contribution in [2.45, 2.75) is 29.9 Å². The second-order valence-electron chi connectivity index (χ2n) is 4.70. The van der Waals surface area contributed by atoms with Crippen LogP contribution in [0.4, 0.5) is 0 Å². The molecule has 1 aliphatic carbocycles. The highest BCUT2D eigenvalue weighted by Gasteiger charge is 2.32. The normalized spacial score (nSPS) is 23.8. The summed E-state index contributed by atoms with van der Waals surface area (Å²) in [5.41, 5.74) is 2.72. The molecule has 0 radical (unpaired) electrons. The molecule has 0 fully saturated rings. The van der Waals surface area contributed by atoms with E-state index < -0.39 is 0 Å². The minimum absolute atomic E-state index is 0.233. The second-order valence-corrected chi connectivity index (χ2v) is 6.39. The fourth-order valence-electron chi connectivity index (χ4n) is 2.52. The molecule has 2 N–H and O–H groups in total. The second kappa shape index (κ2) is 5.95. The molecule has 0 aliphatic heterocycles. The van der Waals surface area contributed by atoms with Crippen molar-refractivity contribution in [1.29, 1.82) is 0 Å². The Balaban J connectivity index is 2.20. The van der Waals surface area contributed by atoms with Gasteiger partial charge in [-0.15, -0.1) is 0 Å². The van der Waals surface area contributed by atoms with Gasteiger partial charge in [-0.25, -0.2) is 0 Å². The van der Waals surface area contributed by atoms with E-state index in [1.807, 2.05) is 24.9 Å². The molecule has 0 aromatic heterocycles. The largest absolute Gasteiger partial charge is 0.497 e. The van der Waals surface area contributed by atoms with E-state index >= 15 is 0 Å². The summed E-state index contributed by atoms with van der Waals surface area (Å²) in [5.74, 6) is 0.912. The molecule has 18 heavy (non-hydrogen) atoms. The minimum Gasteiger partial charge on any atom is -0.497 e. The summed E-state index contributed by atoms with van der Waals surface area (Å²) in [6, 6.07) is 6.64. The van der Waals surface area contributed by atoms with E-state index in [2.05, 4.69) is 24.4 Å². The van der Waals surface area contributed by atoms with Gasteiger partial charge in [-0.3, -0.25) is 0 Å². The van der Waals surface area contributed by atoms with E-state index in [1.165, 1.54) is 11.1 Å². The average Bonchev–Trinajstić information content (AvgIpc) is 2.74. The number of aliphatic hydroxyl groups is 1. The number of hydrogen-bond acceptors (Lipinski definition) is 4. The van der Waals surface area contributed by atoms with Gasteiger partial charge >= 0.3 is 0 Å². The molecule has 100 valence electrons. The third-order valence-electron chi connectivity index (χ3n) is 3.46. The van der Waals surface area contributed by atoms with Crippen LogP contribution in [0.1, 0.15) is 24.1 Å². The predicted octanol–water partition coefficient (Wildman–Crippen LogP) is 1.99.